The van der Waals surface area contributed by atoms with Gasteiger partial charge in [0.05, 0.1) is 40.0 Å². The second-order valence-electron chi connectivity index (χ2n) is 5.92. The van der Waals surface area contributed by atoms with Crippen LogP contribution in [-0.2, 0) is 11.3 Å². The molecule has 0 bridgehead atoms. The number of nitrogens with zero attached hydrogens (tertiary/aromatic N) is 2. The number of carbonyl (C=O) groups excluding carboxylic acids is 3. The number of halogens is 2. The molecule has 0 atom stereocenters. The summed E-state index contributed by atoms with van der Waals surface area (Å²) in [5.41, 5.74) is 0.738. The zero-order valence-corrected chi connectivity index (χ0v) is 17.3. The Morgan fingerprint density at radius 1 is 1.07 bits per heavy atom. The van der Waals surface area contributed by atoms with Crippen LogP contribution in [-0.4, -0.2) is 34.3 Å². The number of pyridine rings is 1. The second kappa shape index (κ2) is 9.66. The van der Waals surface area contributed by atoms with Gasteiger partial charge >= 0.3 is 5.97 Å². The van der Waals surface area contributed by atoms with Crippen LogP contribution in [0.15, 0.2) is 30.3 Å². The highest BCUT2D eigenvalue weighted by atomic mass is 35.5. The van der Waals surface area contributed by atoms with Gasteiger partial charge in [-0.3, -0.25) is 14.5 Å². The van der Waals surface area contributed by atoms with Crippen molar-refractivity contribution in [2.24, 2.45) is 0 Å². The molecule has 3 rings (SSSR count). The number of amides is 2. The number of imide groups is 1. The first-order valence-electron chi connectivity index (χ1n) is 8.82. The molecule has 2 amide bonds. The van der Waals surface area contributed by atoms with Gasteiger partial charge in [0.15, 0.2) is 0 Å². The lowest BCUT2D eigenvalue weighted by Crippen LogP contribution is -2.30. The monoisotopic (exact) mass is 422 g/mol. The number of rotatable bonds is 4. The molecular formula is C20H20Cl2N2O4. The minimum atomic E-state index is -0.662. The maximum Gasteiger partial charge on any atom is 0.356 e. The van der Waals surface area contributed by atoms with Crippen LogP contribution in [0, 0.1) is 0 Å². The largest absolute Gasteiger partial charge is 0.461 e. The van der Waals surface area contributed by atoms with E-state index in [-0.39, 0.29) is 34.6 Å². The van der Waals surface area contributed by atoms with Crippen molar-refractivity contribution in [3.63, 3.8) is 0 Å². The predicted octanol–water partition coefficient (Wildman–Crippen LogP) is 4.78. The molecule has 0 radical (unpaired) electrons. The third-order valence-corrected chi connectivity index (χ3v) is 4.47. The maximum absolute atomic E-state index is 12.4. The van der Waals surface area contributed by atoms with Gasteiger partial charge in [0, 0.05) is 0 Å². The van der Waals surface area contributed by atoms with E-state index in [0.717, 1.165) is 4.90 Å². The van der Waals surface area contributed by atoms with Crippen LogP contribution >= 0.6 is 23.2 Å². The molecule has 0 saturated carbocycles. The molecular weight excluding hydrogens is 403 g/mol. The molecule has 0 N–H and O–H groups in total. The number of fused-ring (bicyclic) bond motifs is 1. The maximum atomic E-state index is 12.4. The fourth-order valence-electron chi connectivity index (χ4n) is 2.49. The topological polar surface area (TPSA) is 76.6 Å². The highest BCUT2D eigenvalue weighted by Gasteiger charge is 2.36. The van der Waals surface area contributed by atoms with Crippen molar-refractivity contribution in [1.29, 1.82) is 0 Å². The fraction of sp³-hybridized carbons (Fsp3) is 0.300. The number of ether oxygens (including phenoxy) is 1. The van der Waals surface area contributed by atoms with E-state index >= 15 is 0 Å². The lowest BCUT2D eigenvalue weighted by molar-refractivity contribution is 0.0519. The molecule has 0 unspecified atom stereocenters. The smallest absolute Gasteiger partial charge is 0.356 e. The van der Waals surface area contributed by atoms with Crippen molar-refractivity contribution in [2.75, 3.05) is 6.61 Å². The molecule has 2 aromatic rings. The molecule has 1 aliphatic rings. The van der Waals surface area contributed by atoms with E-state index in [1.54, 1.807) is 31.2 Å². The van der Waals surface area contributed by atoms with Crippen LogP contribution in [0.2, 0.25) is 10.0 Å². The lowest BCUT2D eigenvalue weighted by Gasteiger charge is -2.15. The summed E-state index contributed by atoms with van der Waals surface area (Å²) in [5.74, 6) is -1.56. The highest BCUT2D eigenvalue weighted by molar-refractivity contribution is 6.42. The number of carbonyl (C=O) groups is 3. The number of hydrogen-bond donors (Lipinski definition) is 0. The summed E-state index contributed by atoms with van der Waals surface area (Å²) in [4.78, 5) is 41.9. The van der Waals surface area contributed by atoms with E-state index in [4.69, 9.17) is 27.9 Å². The molecule has 0 aliphatic carbocycles. The van der Waals surface area contributed by atoms with E-state index in [1.165, 1.54) is 12.5 Å². The predicted molar refractivity (Wildman–Crippen MR) is 107 cm³/mol. The van der Waals surface area contributed by atoms with Crippen LogP contribution < -0.4 is 0 Å². The van der Waals surface area contributed by atoms with E-state index < -0.39 is 17.8 Å². The van der Waals surface area contributed by atoms with Crippen molar-refractivity contribution >= 4 is 41.0 Å². The van der Waals surface area contributed by atoms with Gasteiger partial charge in [-0.15, -0.1) is 0 Å². The third kappa shape index (κ3) is 4.51. The Labute approximate surface area is 173 Å². The first-order valence-corrected chi connectivity index (χ1v) is 9.58. The zero-order chi connectivity index (χ0) is 20.8. The molecule has 148 valence electrons. The zero-order valence-electron chi connectivity index (χ0n) is 15.8. The van der Waals surface area contributed by atoms with Gasteiger partial charge in [-0.25, -0.2) is 9.78 Å². The van der Waals surface area contributed by atoms with Crippen molar-refractivity contribution in [3.05, 3.63) is 62.9 Å². The molecule has 0 fully saturated rings. The Morgan fingerprint density at radius 2 is 1.61 bits per heavy atom. The molecule has 8 heteroatoms. The summed E-state index contributed by atoms with van der Waals surface area (Å²) in [5, 5.41) is 0.164. The average Bonchev–Trinajstić information content (AvgIpc) is 2.91. The molecule has 1 aliphatic heterocycles. The van der Waals surface area contributed by atoms with Gasteiger partial charge in [0.2, 0.25) is 0 Å². The van der Waals surface area contributed by atoms with E-state index in [0.29, 0.717) is 11.1 Å². The third-order valence-electron chi connectivity index (χ3n) is 3.65. The Hall–Kier alpha value is -2.44. The molecule has 2 heterocycles. The first kappa shape index (κ1) is 21.9. The lowest BCUT2D eigenvalue weighted by atomic mass is 10.1. The van der Waals surface area contributed by atoms with Crippen LogP contribution in [0.1, 0.15) is 64.1 Å². The highest BCUT2D eigenvalue weighted by Crippen LogP contribution is 2.30. The van der Waals surface area contributed by atoms with Gasteiger partial charge in [0.25, 0.3) is 11.8 Å². The van der Waals surface area contributed by atoms with E-state index in [9.17, 15) is 14.4 Å². The van der Waals surface area contributed by atoms with Gasteiger partial charge in [-0.05, 0) is 25.1 Å². The standard InChI is InChI=1S/C17H12Cl2N2O4.C3H8/c1-2-25-17(24)12-7-11(18)14(19)13(20-12)8-21-15(22)9-5-3-4-6-10(9)16(21)23;1-3-2/h3-7H,2,8H2,1H3;3H2,1-2H3. The van der Waals surface area contributed by atoms with E-state index in [1.807, 2.05) is 0 Å². The van der Waals surface area contributed by atoms with E-state index in [2.05, 4.69) is 18.8 Å². The fourth-order valence-corrected chi connectivity index (χ4v) is 2.86. The summed E-state index contributed by atoms with van der Waals surface area (Å²) in [6.45, 7) is 5.89. The normalized spacial score (nSPS) is 12.4. The van der Waals surface area contributed by atoms with Crippen LogP contribution in [0.4, 0.5) is 0 Å². The Kier molecular flexibility index (Phi) is 7.54. The Balaban J connectivity index is 0.000000878. The molecule has 0 spiro atoms. The van der Waals surface area contributed by atoms with Gasteiger partial charge < -0.3 is 4.74 Å². The van der Waals surface area contributed by atoms with Crippen LogP contribution in [0.5, 0.6) is 0 Å². The van der Waals surface area contributed by atoms with Crippen molar-refractivity contribution < 1.29 is 19.1 Å². The number of aromatic nitrogens is 1. The molecule has 1 aromatic carbocycles. The molecule has 1 aromatic heterocycles. The van der Waals surface area contributed by atoms with Gasteiger partial charge in [-0.1, -0.05) is 55.6 Å². The second-order valence-corrected chi connectivity index (χ2v) is 6.70. The summed E-state index contributed by atoms with van der Waals surface area (Å²) >= 11 is 12.2. The molecule has 6 nitrogen and oxygen atoms in total. The SMILES string of the molecule is CCC.CCOC(=O)c1cc(Cl)c(Cl)c(CN2C(=O)c3ccccc3C2=O)n1. The summed E-state index contributed by atoms with van der Waals surface area (Å²) in [6.07, 6.45) is 1.25. The van der Waals surface area contributed by atoms with Gasteiger partial charge in [-0.2, -0.15) is 0 Å². The van der Waals surface area contributed by atoms with Crippen molar-refractivity contribution in [3.8, 4) is 0 Å². The average molecular weight is 423 g/mol. The number of esters is 1. The Morgan fingerprint density at radius 3 is 2.11 bits per heavy atom. The Bertz CT molecular complexity index is 880. The summed E-state index contributed by atoms with van der Waals surface area (Å²) in [7, 11) is 0. The van der Waals surface area contributed by atoms with Gasteiger partial charge in [0.1, 0.15) is 5.69 Å². The number of benzene rings is 1. The molecule has 28 heavy (non-hydrogen) atoms. The first-order chi connectivity index (χ1) is 13.3. The minimum absolute atomic E-state index is 0.0390. The minimum Gasteiger partial charge on any atom is -0.461 e. The van der Waals surface area contributed by atoms with Crippen LogP contribution in [0.25, 0.3) is 0 Å². The summed E-state index contributed by atoms with van der Waals surface area (Å²) < 4.78 is 4.89. The molecule has 0 saturated heterocycles. The number of hydrogen-bond acceptors (Lipinski definition) is 5. The summed E-state index contributed by atoms with van der Waals surface area (Å²) in [6, 6.07) is 7.79. The quantitative estimate of drug-likeness (QED) is 0.523. The van der Waals surface area contributed by atoms with Crippen molar-refractivity contribution in [2.45, 2.75) is 33.7 Å². The van der Waals surface area contributed by atoms with Crippen molar-refractivity contribution in [1.82, 2.24) is 9.88 Å². The van der Waals surface area contributed by atoms with Crippen LogP contribution in [0.3, 0.4) is 0 Å².